The lowest BCUT2D eigenvalue weighted by Crippen LogP contribution is -2.00. The van der Waals surface area contributed by atoms with Crippen molar-refractivity contribution in [3.8, 4) is 0 Å². The molecule has 0 aliphatic carbocycles. The molecule has 0 unspecified atom stereocenters. The van der Waals surface area contributed by atoms with Crippen molar-refractivity contribution in [2.75, 3.05) is 18.1 Å². The zero-order valence-corrected chi connectivity index (χ0v) is 6.18. The zero-order chi connectivity index (χ0) is 7.56. The normalized spacial score (nSPS) is 9.40. The summed E-state index contributed by atoms with van der Waals surface area (Å²) >= 11 is 5.49. The molecule has 0 bridgehead atoms. The number of nitrogen functional groups attached to an aromatic ring is 1. The van der Waals surface area contributed by atoms with E-state index in [-0.39, 0.29) is 0 Å². The van der Waals surface area contributed by atoms with Crippen LogP contribution in [-0.2, 0) is 0 Å². The largest absolute Gasteiger partial charge is 0.381 e. The van der Waals surface area contributed by atoms with E-state index < -0.39 is 0 Å². The molecule has 3 N–H and O–H groups in total. The quantitative estimate of drug-likeness (QED) is 0.633. The summed E-state index contributed by atoms with van der Waals surface area (Å²) < 4.78 is 0. The molecule has 0 aliphatic heterocycles. The molecule has 0 atom stereocenters. The number of hydrogen-bond donors (Lipinski definition) is 2. The van der Waals surface area contributed by atoms with Gasteiger partial charge in [-0.3, -0.25) is 0 Å². The van der Waals surface area contributed by atoms with Crippen LogP contribution in [0.1, 0.15) is 0 Å². The van der Waals surface area contributed by atoms with Crippen molar-refractivity contribution in [2.45, 2.75) is 0 Å². The van der Waals surface area contributed by atoms with Gasteiger partial charge in [-0.15, -0.1) is 0 Å². The fourth-order valence-electron chi connectivity index (χ4n) is 0.573. The summed E-state index contributed by atoms with van der Waals surface area (Å²) in [5, 5.41) is 3.07. The van der Waals surface area contributed by atoms with Gasteiger partial charge in [-0.2, -0.15) is 0 Å². The second-order valence-electron chi connectivity index (χ2n) is 1.68. The summed E-state index contributed by atoms with van der Waals surface area (Å²) in [6, 6.07) is 0. The smallest absolute Gasteiger partial charge is 0.168 e. The first-order chi connectivity index (χ1) is 4.74. The van der Waals surface area contributed by atoms with E-state index in [1.807, 2.05) is 0 Å². The van der Waals surface area contributed by atoms with Crippen LogP contribution >= 0.6 is 11.6 Å². The molecule has 0 aromatic carbocycles. The third-order valence-electron chi connectivity index (χ3n) is 1.01. The molecule has 0 fully saturated rings. The Balaban J connectivity index is 3.07. The Morgan fingerprint density at radius 3 is 2.90 bits per heavy atom. The van der Waals surface area contributed by atoms with E-state index >= 15 is 0 Å². The molecular formula is C5H7ClN4. The highest BCUT2D eigenvalue weighted by molar-refractivity contribution is 6.29. The topological polar surface area (TPSA) is 63.8 Å². The minimum absolute atomic E-state index is 0.302. The van der Waals surface area contributed by atoms with Crippen molar-refractivity contribution in [1.82, 2.24) is 9.97 Å². The predicted molar refractivity (Wildman–Crippen MR) is 41.0 cm³/mol. The van der Waals surface area contributed by atoms with E-state index in [0.29, 0.717) is 16.8 Å². The molecule has 0 amide bonds. The lowest BCUT2D eigenvalue weighted by Gasteiger charge is -2.00. The van der Waals surface area contributed by atoms with Gasteiger partial charge in [0.2, 0.25) is 0 Å². The Bertz CT molecular complexity index is 237. The van der Waals surface area contributed by atoms with Gasteiger partial charge in [-0.05, 0) is 0 Å². The molecule has 1 rings (SSSR count). The molecule has 1 aromatic rings. The van der Waals surface area contributed by atoms with Crippen LogP contribution in [0.25, 0.3) is 0 Å². The molecule has 0 spiro atoms. The van der Waals surface area contributed by atoms with E-state index in [1.54, 1.807) is 7.05 Å². The van der Waals surface area contributed by atoms with Gasteiger partial charge in [0, 0.05) is 7.05 Å². The first kappa shape index (κ1) is 7.08. The monoisotopic (exact) mass is 158 g/mol. The molecule has 1 heterocycles. The average Bonchev–Trinajstić information content (AvgIpc) is 1.88. The minimum atomic E-state index is 0.302. The number of nitrogens with zero attached hydrogens (tertiary/aromatic N) is 2. The molecule has 5 heteroatoms. The maximum atomic E-state index is 5.49. The summed E-state index contributed by atoms with van der Waals surface area (Å²) in [5.41, 5.74) is 5.41. The summed E-state index contributed by atoms with van der Waals surface area (Å²) in [7, 11) is 1.72. The second kappa shape index (κ2) is 2.70. The van der Waals surface area contributed by atoms with Crippen LogP contribution in [0.15, 0.2) is 6.20 Å². The average molecular weight is 159 g/mol. The first-order valence-electron chi connectivity index (χ1n) is 2.70. The van der Waals surface area contributed by atoms with Crippen molar-refractivity contribution in [2.24, 2.45) is 0 Å². The number of hydrogen-bond acceptors (Lipinski definition) is 4. The van der Waals surface area contributed by atoms with E-state index in [0.717, 1.165) is 0 Å². The van der Waals surface area contributed by atoms with Gasteiger partial charge in [0.25, 0.3) is 0 Å². The molecule has 0 saturated carbocycles. The predicted octanol–water partition coefficient (Wildman–Crippen LogP) is 0.754. The molecule has 54 valence electrons. The van der Waals surface area contributed by atoms with Gasteiger partial charge in [0.05, 0.1) is 6.20 Å². The fraction of sp³-hybridized carbons (Fsp3) is 0.200. The Kier molecular flexibility index (Phi) is 1.91. The lowest BCUT2D eigenvalue weighted by molar-refractivity contribution is 1.20. The van der Waals surface area contributed by atoms with Crippen molar-refractivity contribution >= 4 is 23.2 Å². The zero-order valence-electron chi connectivity index (χ0n) is 5.43. The van der Waals surface area contributed by atoms with Gasteiger partial charge < -0.3 is 11.1 Å². The molecule has 0 radical (unpaired) electrons. The van der Waals surface area contributed by atoms with Gasteiger partial charge in [0.1, 0.15) is 5.15 Å². The van der Waals surface area contributed by atoms with Crippen LogP contribution in [0.5, 0.6) is 0 Å². The minimum Gasteiger partial charge on any atom is -0.381 e. The third-order valence-corrected chi connectivity index (χ3v) is 1.19. The van der Waals surface area contributed by atoms with Crippen molar-refractivity contribution in [1.29, 1.82) is 0 Å². The highest BCUT2D eigenvalue weighted by Gasteiger charge is 1.98. The Morgan fingerprint density at radius 1 is 1.70 bits per heavy atom. The molecule has 1 aromatic heterocycles. The second-order valence-corrected chi connectivity index (χ2v) is 2.06. The van der Waals surface area contributed by atoms with Gasteiger partial charge in [0.15, 0.2) is 11.6 Å². The molecular weight excluding hydrogens is 152 g/mol. The van der Waals surface area contributed by atoms with E-state index in [1.165, 1.54) is 6.20 Å². The SMILES string of the molecule is CNc1ncc(Cl)nc1N. The first-order valence-corrected chi connectivity index (χ1v) is 3.07. The number of nitrogens with one attached hydrogen (secondary N) is 1. The van der Waals surface area contributed by atoms with Crippen LogP contribution in [0.4, 0.5) is 11.6 Å². The van der Waals surface area contributed by atoms with Crippen molar-refractivity contribution in [3.63, 3.8) is 0 Å². The van der Waals surface area contributed by atoms with Crippen molar-refractivity contribution < 1.29 is 0 Å². The summed E-state index contributed by atoms with van der Waals surface area (Å²) in [4.78, 5) is 7.63. The van der Waals surface area contributed by atoms with E-state index in [4.69, 9.17) is 17.3 Å². The third kappa shape index (κ3) is 1.27. The lowest BCUT2D eigenvalue weighted by atomic mass is 10.6. The van der Waals surface area contributed by atoms with Gasteiger partial charge in [-0.1, -0.05) is 11.6 Å². The number of aromatic nitrogens is 2. The Morgan fingerprint density at radius 2 is 2.40 bits per heavy atom. The maximum absolute atomic E-state index is 5.49. The summed E-state index contributed by atoms with van der Waals surface area (Å²) in [5.74, 6) is 0.861. The fourth-order valence-corrected chi connectivity index (χ4v) is 0.713. The van der Waals surface area contributed by atoms with Crippen molar-refractivity contribution in [3.05, 3.63) is 11.3 Å². The Labute approximate surface area is 63.4 Å². The number of halogens is 1. The van der Waals surface area contributed by atoms with Crippen LogP contribution < -0.4 is 11.1 Å². The van der Waals surface area contributed by atoms with E-state index in [2.05, 4.69) is 15.3 Å². The Hall–Kier alpha value is -1.03. The van der Waals surface area contributed by atoms with Crippen LogP contribution in [0.3, 0.4) is 0 Å². The number of anilines is 2. The van der Waals surface area contributed by atoms with Crippen LogP contribution in [-0.4, -0.2) is 17.0 Å². The van der Waals surface area contributed by atoms with Crippen LogP contribution in [0.2, 0.25) is 5.15 Å². The molecule has 0 saturated heterocycles. The number of nitrogens with two attached hydrogens (primary N) is 1. The standard InChI is InChI=1S/C5H7ClN4/c1-8-5-4(7)10-3(6)2-9-5/h2H,1H3,(H2,7,10)(H,8,9). The number of rotatable bonds is 1. The summed E-state index contributed by atoms with van der Waals surface area (Å²) in [6.45, 7) is 0. The molecule has 10 heavy (non-hydrogen) atoms. The van der Waals surface area contributed by atoms with Gasteiger partial charge in [-0.25, -0.2) is 9.97 Å². The van der Waals surface area contributed by atoms with Gasteiger partial charge >= 0.3 is 0 Å². The maximum Gasteiger partial charge on any atom is 0.168 e. The van der Waals surface area contributed by atoms with E-state index in [9.17, 15) is 0 Å². The summed E-state index contributed by atoms with van der Waals surface area (Å²) in [6.07, 6.45) is 1.43. The molecule has 4 nitrogen and oxygen atoms in total. The highest BCUT2D eigenvalue weighted by atomic mass is 35.5. The molecule has 0 aliphatic rings. The van der Waals surface area contributed by atoms with Crippen LogP contribution in [0, 0.1) is 0 Å². The highest BCUT2D eigenvalue weighted by Crippen LogP contribution is 2.13.